The lowest BCUT2D eigenvalue weighted by atomic mass is 10.1. The Morgan fingerprint density at radius 2 is 1.93 bits per heavy atom. The van der Waals surface area contributed by atoms with E-state index in [-0.39, 0.29) is 18.1 Å². The molecule has 2 fully saturated rings. The SMILES string of the molecule is Cc1ccc(OC2CC3CC2N(C(=O)c2ncc(C)cc2-c2nccn2C)C3)nc1. The molecule has 3 aromatic heterocycles. The van der Waals surface area contributed by atoms with Gasteiger partial charge >= 0.3 is 0 Å². The molecule has 154 valence electrons. The van der Waals surface area contributed by atoms with Gasteiger partial charge in [-0.3, -0.25) is 9.78 Å². The molecule has 5 rings (SSSR count). The third-order valence-corrected chi connectivity index (χ3v) is 6.13. The first-order chi connectivity index (χ1) is 14.5. The zero-order chi connectivity index (χ0) is 20.8. The van der Waals surface area contributed by atoms with Gasteiger partial charge in [0.15, 0.2) is 0 Å². The number of carbonyl (C=O) groups excluding carboxylic acids is 1. The lowest BCUT2D eigenvalue weighted by Crippen LogP contribution is -2.47. The van der Waals surface area contributed by atoms with E-state index in [0.29, 0.717) is 17.5 Å². The molecular formula is C23H25N5O2. The van der Waals surface area contributed by atoms with E-state index in [0.717, 1.165) is 41.9 Å². The lowest BCUT2D eigenvalue weighted by Gasteiger charge is -2.33. The molecule has 1 saturated carbocycles. The van der Waals surface area contributed by atoms with E-state index < -0.39 is 0 Å². The van der Waals surface area contributed by atoms with E-state index in [4.69, 9.17) is 4.74 Å². The second kappa shape index (κ2) is 7.23. The quantitative estimate of drug-likeness (QED) is 0.669. The van der Waals surface area contributed by atoms with Gasteiger partial charge in [0.05, 0.1) is 6.04 Å². The Bertz CT molecular complexity index is 1090. The standard InChI is InChI=1S/C23H25N5O2/c1-14-4-5-20(25-11-14)30-19-10-16-9-18(19)28(13-16)23(29)21-17(8-15(2)12-26-21)22-24-6-7-27(22)3/h4-8,11-12,16,18-19H,9-10,13H2,1-3H3. The number of piperidine rings is 1. The number of aryl methyl sites for hydroxylation is 3. The van der Waals surface area contributed by atoms with Gasteiger partial charge in [-0.05, 0) is 49.8 Å². The molecule has 0 spiro atoms. The largest absolute Gasteiger partial charge is 0.472 e. The predicted octanol–water partition coefficient (Wildman–Crippen LogP) is 3.18. The Hall–Kier alpha value is -3.22. The molecule has 0 aromatic carbocycles. The number of hydrogen-bond acceptors (Lipinski definition) is 5. The average molecular weight is 403 g/mol. The van der Waals surface area contributed by atoms with Crippen LogP contribution in [0.5, 0.6) is 5.88 Å². The Balaban J connectivity index is 1.42. The highest BCUT2D eigenvalue weighted by Gasteiger charge is 2.49. The number of imidazole rings is 1. The second-order valence-electron chi connectivity index (χ2n) is 8.46. The summed E-state index contributed by atoms with van der Waals surface area (Å²) in [6.45, 7) is 4.73. The monoisotopic (exact) mass is 403 g/mol. The van der Waals surface area contributed by atoms with Crippen molar-refractivity contribution in [1.29, 1.82) is 0 Å². The van der Waals surface area contributed by atoms with Crippen molar-refractivity contribution in [3.05, 3.63) is 59.8 Å². The molecule has 3 unspecified atom stereocenters. The van der Waals surface area contributed by atoms with Crippen LogP contribution < -0.4 is 4.74 Å². The molecule has 7 heteroatoms. The molecule has 2 bridgehead atoms. The van der Waals surface area contributed by atoms with Gasteiger partial charge in [0.1, 0.15) is 17.6 Å². The minimum Gasteiger partial charge on any atom is -0.472 e. The molecule has 1 aliphatic heterocycles. The van der Waals surface area contributed by atoms with Crippen molar-refractivity contribution in [2.45, 2.75) is 38.8 Å². The summed E-state index contributed by atoms with van der Waals surface area (Å²) >= 11 is 0. The van der Waals surface area contributed by atoms with E-state index in [1.807, 2.05) is 54.8 Å². The van der Waals surface area contributed by atoms with Crippen molar-refractivity contribution in [3.8, 4) is 17.3 Å². The Labute approximate surface area is 175 Å². The highest BCUT2D eigenvalue weighted by molar-refractivity contribution is 5.98. The van der Waals surface area contributed by atoms with Crippen LogP contribution in [0, 0.1) is 19.8 Å². The van der Waals surface area contributed by atoms with Crippen LogP contribution in [0.3, 0.4) is 0 Å². The fraction of sp³-hybridized carbons (Fsp3) is 0.391. The van der Waals surface area contributed by atoms with Crippen LogP contribution in [0.1, 0.15) is 34.5 Å². The molecule has 1 aliphatic carbocycles. The van der Waals surface area contributed by atoms with Gasteiger partial charge in [-0.2, -0.15) is 0 Å². The van der Waals surface area contributed by atoms with Crippen molar-refractivity contribution < 1.29 is 9.53 Å². The van der Waals surface area contributed by atoms with Crippen molar-refractivity contribution >= 4 is 5.91 Å². The second-order valence-corrected chi connectivity index (χ2v) is 8.46. The number of carbonyl (C=O) groups is 1. The average Bonchev–Trinajstić information content (AvgIpc) is 3.45. The maximum absolute atomic E-state index is 13.6. The molecule has 2 aliphatic rings. The lowest BCUT2D eigenvalue weighted by molar-refractivity contribution is 0.0462. The maximum Gasteiger partial charge on any atom is 0.273 e. The number of rotatable bonds is 4. The smallest absolute Gasteiger partial charge is 0.273 e. The van der Waals surface area contributed by atoms with Crippen LogP contribution in [0.4, 0.5) is 0 Å². The third-order valence-electron chi connectivity index (χ3n) is 6.13. The zero-order valence-electron chi connectivity index (χ0n) is 17.4. The van der Waals surface area contributed by atoms with E-state index in [9.17, 15) is 4.79 Å². The summed E-state index contributed by atoms with van der Waals surface area (Å²) in [6, 6.07) is 5.92. The van der Waals surface area contributed by atoms with Crippen LogP contribution in [-0.4, -0.2) is 49.0 Å². The van der Waals surface area contributed by atoms with Gasteiger partial charge in [-0.25, -0.2) is 9.97 Å². The van der Waals surface area contributed by atoms with Crippen LogP contribution in [0.25, 0.3) is 11.4 Å². The number of nitrogens with zero attached hydrogens (tertiary/aromatic N) is 5. The van der Waals surface area contributed by atoms with Gasteiger partial charge in [-0.15, -0.1) is 0 Å². The normalized spacial score (nSPS) is 22.5. The number of aromatic nitrogens is 4. The number of hydrogen-bond donors (Lipinski definition) is 0. The first-order valence-corrected chi connectivity index (χ1v) is 10.3. The molecule has 0 radical (unpaired) electrons. The van der Waals surface area contributed by atoms with Crippen molar-refractivity contribution in [3.63, 3.8) is 0 Å². The van der Waals surface area contributed by atoms with Gasteiger partial charge in [0.25, 0.3) is 5.91 Å². The summed E-state index contributed by atoms with van der Waals surface area (Å²) in [7, 11) is 1.93. The molecule has 30 heavy (non-hydrogen) atoms. The summed E-state index contributed by atoms with van der Waals surface area (Å²) in [4.78, 5) is 28.9. The molecule has 1 saturated heterocycles. The fourth-order valence-corrected chi connectivity index (χ4v) is 4.68. The first kappa shape index (κ1) is 18.8. The molecule has 0 N–H and O–H groups in total. The van der Waals surface area contributed by atoms with Gasteiger partial charge in [0.2, 0.25) is 5.88 Å². The van der Waals surface area contributed by atoms with E-state index in [1.54, 1.807) is 18.6 Å². The summed E-state index contributed by atoms with van der Waals surface area (Å²) < 4.78 is 8.09. The highest BCUT2D eigenvalue weighted by atomic mass is 16.5. The van der Waals surface area contributed by atoms with Crippen molar-refractivity contribution in [2.75, 3.05) is 6.54 Å². The molecule has 3 atom stereocenters. The Morgan fingerprint density at radius 3 is 2.63 bits per heavy atom. The van der Waals surface area contributed by atoms with Gasteiger partial charge in [0, 0.05) is 50.0 Å². The van der Waals surface area contributed by atoms with E-state index in [2.05, 4.69) is 15.0 Å². The molecular weight excluding hydrogens is 378 g/mol. The van der Waals surface area contributed by atoms with Gasteiger partial charge in [-0.1, -0.05) is 6.07 Å². The zero-order valence-corrected chi connectivity index (χ0v) is 17.4. The van der Waals surface area contributed by atoms with Crippen molar-refractivity contribution in [1.82, 2.24) is 24.4 Å². The summed E-state index contributed by atoms with van der Waals surface area (Å²) in [5, 5.41) is 0. The summed E-state index contributed by atoms with van der Waals surface area (Å²) in [5.41, 5.74) is 3.32. The first-order valence-electron chi connectivity index (χ1n) is 10.3. The molecule has 1 amide bonds. The minimum atomic E-state index is -0.0503. The minimum absolute atomic E-state index is 0.0371. The fourth-order valence-electron chi connectivity index (χ4n) is 4.68. The topological polar surface area (TPSA) is 73.1 Å². The predicted molar refractivity (Wildman–Crippen MR) is 112 cm³/mol. The third kappa shape index (κ3) is 3.24. The van der Waals surface area contributed by atoms with E-state index in [1.165, 1.54) is 0 Å². The summed E-state index contributed by atoms with van der Waals surface area (Å²) in [6.07, 6.45) is 9.05. The highest BCUT2D eigenvalue weighted by Crippen LogP contribution is 2.40. The summed E-state index contributed by atoms with van der Waals surface area (Å²) in [5.74, 6) is 1.77. The molecule has 4 heterocycles. The maximum atomic E-state index is 13.6. The molecule has 3 aromatic rings. The number of likely N-dealkylation sites (tertiary alicyclic amines) is 1. The number of amides is 1. The Morgan fingerprint density at radius 1 is 1.10 bits per heavy atom. The van der Waals surface area contributed by atoms with Crippen LogP contribution in [0.15, 0.2) is 43.0 Å². The van der Waals surface area contributed by atoms with Crippen LogP contribution in [-0.2, 0) is 7.05 Å². The van der Waals surface area contributed by atoms with Crippen LogP contribution >= 0.6 is 0 Å². The van der Waals surface area contributed by atoms with Crippen molar-refractivity contribution in [2.24, 2.45) is 13.0 Å². The van der Waals surface area contributed by atoms with E-state index >= 15 is 0 Å². The molecule has 7 nitrogen and oxygen atoms in total. The van der Waals surface area contributed by atoms with Crippen LogP contribution in [0.2, 0.25) is 0 Å². The number of ether oxygens (including phenoxy) is 1. The van der Waals surface area contributed by atoms with Gasteiger partial charge < -0.3 is 14.2 Å². The Kier molecular flexibility index (Phi) is 4.53. The number of pyridine rings is 2. The number of fused-ring (bicyclic) bond motifs is 2.